The molecule has 2 N–H and O–H groups in total. The lowest BCUT2D eigenvalue weighted by Crippen LogP contribution is -2.14. The SMILES string of the molecule is CC(C)(C#N)c1ccc(Cl)c(Nc2nc3ccc(Br)cc3c3c(=O)[nH]ccc23)c1. The van der Waals surface area contributed by atoms with Gasteiger partial charge in [0.15, 0.2) is 0 Å². The van der Waals surface area contributed by atoms with Gasteiger partial charge >= 0.3 is 0 Å². The molecule has 0 aliphatic carbocycles. The zero-order valence-electron chi connectivity index (χ0n) is 15.7. The summed E-state index contributed by atoms with van der Waals surface area (Å²) in [6, 6.07) is 15.2. The highest BCUT2D eigenvalue weighted by molar-refractivity contribution is 9.10. The van der Waals surface area contributed by atoms with E-state index in [9.17, 15) is 10.1 Å². The molecule has 144 valence electrons. The van der Waals surface area contributed by atoms with Crippen LogP contribution in [0.15, 0.2) is 57.9 Å². The smallest absolute Gasteiger partial charge is 0.256 e. The molecule has 0 amide bonds. The van der Waals surface area contributed by atoms with E-state index in [1.165, 1.54) is 0 Å². The van der Waals surface area contributed by atoms with Crippen LogP contribution in [0.4, 0.5) is 11.5 Å². The van der Waals surface area contributed by atoms with Crippen LogP contribution < -0.4 is 10.9 Å². The van der Waals surface area contributed by atoms with Crippen molar-refractivity contribution in [1.82, 2.24) is 9.97 Å². The van der Waals surface area contributed by atoms with Gasteiger partial charge in [0.2, 0.25) is 0 Å². The highest BCUT2D eigenvalue weighted by Crippen LogP contribution is 2.34. The van der Waals surface area contributed by atoms with E-state index >= 15 is 0 Å². The molecule has 4 aromatic rings. The summed E-state index contributed by atoms with van der Waals surface area (Å²) in [6.45, 7) is 3.70. The van der Waals surface area contributed by atoms with E-state index in [1.807, 2.05) is 50.2 Å². The summed E-state index contributed by atoms with van der Waals surface area (Å²) >= 11 is 9.87. The summed E-state index contributed by atoms with van der Waals surface area (Å²) in [5.74, 6) is 0.523. The van der Waals surface area contributed by atoms with E-state index in [0.29, 0.717) is 32.8 Å². The second-order valence-electron chi connectivity index (χ2n) is 7.27. The molecule has 0 aliphatic heterocycles. The van der Waals surface area contributed by atoms with Gasteiger partial charge in [-0.05, 0) is 55.8 Å². The number of anilines is 2. The van der Waals surface area contributed by atoms with Crippen molar-refractivity contribution in [2.45, 2.75) is 19.3 Å². The standard InChI is InChI=1S/C22H16BrClN4O/c1-22(2,11-25)12-3-5-16(24)18(9-12)28-20-14-7-8-26-21(29)19(14)15-10-13(23)4-6-17(15)27-20/h3-10H,1-2H3,(H,26,29)(H,27,28). The molecule has 29 heavy (non-hydrogen) atoms. The number of benzene rings is 2. The first-order valence-corrected chi connectivity index (χ1v) is 10.1. The molecule has 0 fully saturated rings. The van der Waals surface area contributed by atoms with Crippen molar-refractivity contribution in [2.24, 2.45) is 0 Å². The number of pyridine rings is 2. The minimum Gasteiger partial charge on any atom is -0.338 e. The molecule has 0 aliphatic rings. The first kappa shape index (κ1) is 19.4. The number of rotatable bonds is 3. The van der Waals surface area contributed by atoms with E-state index in [0.717, 1.165) is 15.4 Å². The second-order valence-corrected chi connectivity index (χ2v) is 8.60. The van der Waals surface area contributed by atoms with E-state index in [4.69, 9.17) is 16.6 Å². The first-order valence-electron chi connectivity index (χ1n) is 8.89. The maximum absolute atomic E-state index is 12.6. The van der Waals surface area contributed by atoms with Crippen LogP contribution in [-0.4, -0.2) is 9.97 Å². The fraction of sp³-hybridized carbons (Fsp3) is 0.136. The quantitative estimate of drug-likeness (QED) is 0.360. The predicted octanol–water partition coefficient (Wildman–Crippen LogP) is 6.04. The van der Waals surface area contributed by atoms with Crippen LogP contribution in [0, 0.1) is 11.3 Å². The Labute approximate surface area is 180 Å². The van der Waals surface area contributed by atoms with Gasteiger partial charge in [0, 0.05) is 21.4 Å². The van der Waals surface area contributed by atoms with Crippen LogP contribution >= 0.6 is 27.5 Å². The topological polar surface area (TPSA) is 81.6 Å². The largest absolute Gasteiger partial charge is 0.338 e. The number of aromatic amines is 1. The minimum absolute atomic E-state index is 0.193. The zero-order chi connectivity index (χ0) is 20.8. The molecule has 0 bridgehead atoms. The number of halogens is 2. The Kier molecular flexibility index (Phi) is 4.81. The lowest BCUT2D eigenvalue weighted by Gasteiger charge is -2.18. The van der Waals surface area contributed by atoms with Gasteiger partial charge in [-0.15, -0.1) is 0 Å². The third-order valence-corrected chi connectivity index (χ3v) is 5.72. The summed E-state index contributed by atoms with van der Waals surface area (Å²) in [7, 11) is 0. The fourth-order valence-corrected chi connectivity index (χ4v) is 3.75. The fourth-order valence-electron chi connectivity index (χ4n) is 3.23. The average Bonchev–Trinajstić information content (AvgIpc) is 2.70. The van der Waals surface area contributed by atoms with Crippen molar-refractivity contribution < 1.29 is 0 Å². The molecule has 5 nitrogen and oxygen atoms in total. The van der Waals surface area contributed by atoms with E-state index in [-0.39, 0.29) is 5.56 Å². The molecule has 7 heteroatoms. The van der Waals surface area contributed by atoms with Gasteiger partial charge in [-0.1, -0.05) is 33.6 Å². The molecular weight excluding hydrogens is 452 g/mol. The van der Waals surface area contributed by atoms with Gasteiger partial charge in [0.05, 0.1) is 33.1 Å². The van der Waals surface area contributed by atoms with Gasteiger partial charge in [0.25, 0.3) is 5.56 Å². The molecular formula is C22H16BrClN4O. The Bertz CT molecular complexity index is 1370. The average molecular weight is 468 g/mol. The Balaban J connectivity index is 1.95. The third kappa shape index (κ3) is 3.48. The van der Waals surface area contributed by atoms with E-state index < -0.39 is 5.41 Å². The number of fused-ring (bicyclic) bond motifs is 3. The third-order valence-electron chi connectivity index (χ3n) is 4.90. The van der Waals surface area contributed by atoms with Crippen molar-refractivity contribution >= 4 is 60.7 Å². The van der Waals surface area contributed by atoms with Gasteiger partial charge in [-0.25, -0.2) is 4.98 Å². The van der Waals surface area contributed by atoms with Gasteiger partial charge in [0.1, 0.15) is 5.82 Å². The van der Waals surface area contributed by atoms with Crippen LogP contribution in [-0.2, 0) is 5.41 Å². The van der Waals surface area contributed by atoms with E-state index in [2.05, 4.69) is 32.3 Å². The number of aromatic nitrogens is 2. The Morgan fingerprint density at radius 3 is 2.72 bits per heavy atom. The van der Waals surface area contributed by atoms with Crippen molar-refractivity contribution in [3.8, 4) is 6.07 Å². The van der Waals surface area contributed by atoms with Crippen molar-refractivity contribution in [1.29, 1.82) is 5.26 Å². The molecule has 0 unspecified atom stereocenters. The van der Waals surface area contributed by atoms with Gasteiger partial charge < -0.3 is 10.3 Å². The van der Waals surface area contributed by atoms with Gasteiger partial charge in [-0.2, -0.15) is 5.26 Å². The molecule has 2 aromatic carbocycles. The van der Waals surface area contributed by atoms with Gasteiger partial charge in [-0.3, -0.25) is 4.79 Å². The molecule has 0 saturated carbocycles. The highest BCUT2D eigenvalue weighted by atomic mass is 79.9. The molecule has 2 heterocycles. The van der Waals surface area contributed by atoms with Crippen LogP contribution in [0.25, 0.3) is 21.7 Å². The summed E-state index contributed by atoms with van der Waals surface area (Å²) < 4.78 is 0.867. The molecule has 0 radical (unpaired) electrons. The predicted molar refractivity (Wildman–Crippen MR) is 121 cm³/mol. The summed E-state index contributed by atoms with van der Waals surface area (Å²) in [5.41, 5.74) is 1.28. The number of H-pyrrole nitrogens is 1. The zero-order valence-corrected chi connectivity index (χ0v) is 18.0. The molecule has 0 saturated heterocycles. The van der Waals surface area contributed by atoms with Crippen LogP contribution in [0.3, 0.4) is 0 Å². The lowest BCUT2D eigenvalue weighted by atomic mass is 9.86. The summed E-state index contributed by atoms with van der Waals surface area (Å²) in [5, 5.41) is 15.2. The molecule has 4 rings (SSSR count). The Morgan fingerprint density at radius 1 is 1.17 bits per heavy atom. The van der Waals surface area contributed by atoms with Crippen LogP contribution in [0.2, 0.25) is 5.02 Å². The lowest BCUT2D eigenvalue weighted by molar-refractivity contribution is 0.687. The summed E-state index contributed by atoms with van der Waals surface area (Å²) in [4.78, 5) is 20.1. The molecule has 0 atom stereocenters. The van der Waals surface area contributed by atoms with Crippen LogP contribution in [0.1, 0.15) is 19.4 Å². The van der Waals surface area contributed by atoms with Crippen LogP contribution in [0.5, 0.6) is 0 Å². The minimum atomic E-state index is -0.663. The summed E-state index contributed by atoms with van der Waals surface area (Å²) in [6.07, 6.45) is 1.60. The number of hydrogen-bond donors (Lipinski definition) is 2. The maximum atomic E-state index is 12.6. The number of hydrogen-bond acceptors (Lipinski definition) is 4. The highest BCUT2D eigenvalue weighted by Gasteiger charge is 2.21. The van der Waals surface area contributed by atoms with Crippen molar-refractivity contribution in [2.75, 3.05) is 5.32 Å². The monoisotopic (exact) mass is 466 g/mol. The number of nitrogens with one attached hydrogen (secondary N) is 2. The second kappa shape index (κ2) is 7.18. The Hall–Kier alpha value is -2.88. The number of nitriles is 1. The normalized spacial score (nSPS) is 11.6. The number of nitrogens with zero attached hydrogens (tertiary/aromatic N) is 2. The maximum Gasteiger partial charge on any atom is 0.256 e. The molecule has 2 aromatic heterocycles. The molecule has 0 spiro atoms. The first-order chi connectivity index (χ1) is 13.8. The van der Waals surface area contributed by atoms with E-state index in [1.54, 1.807) is 12.3 Å². The van der Waals surface area contributed by atoms with Crippen molar-refractivity contribution in [3.63, 3.8) is 0 Å². The van der Waals surface area contributed by atoms with Crippen molar-refractivity contribution in [3.05, 3.63) is 74.1 Å². The Morgan fingerprint density at radius 2 is 1.97 bits per heavy atom.